The zero-order valence-electron chi connectivity index (χ0n) is 18.5. The number of rotatable bonds is 12. The molecule has 3 aromatic rings. The molecular formula is C23H25Cl2FN4O3S. The maximum absolute atomic E-state index is 13.5. The van der Waals surface area contributed by atoms with Gasteiger partial charge in [-0.05, 0) is 55.1 Å². The van der Waals surface area contributed by atoms with Crippen molar-refractivity contribution in [2.45, 2.75) is 19.4 Å². The number of amides is 1. The summed E-state index contributed by atoms with van der Waals surface area (Å²) in [7, 11) is 0. The summed E-state index contributed by atoms with van der Waals surface area (Å²) in [5.74, 6) is 0.830. The smallest absolute Gasteiger partial charge is 0.257 e. The third kappa shape index (κ3) is 7.33. The number of nitrogens with zero attached hydrogens (tertiary/aromatic N) is 3. The molecule has 1 heterocycles. The van der Waals surface area contributed by atoms with Crippen LogP contribution in [0.25, 0.3) is 11.5 Å². The number of hydrogen-bond donors (Lipinski definition) is 2. The average molecular weight is 527 g/mol. The normalized spacial score (nSPS) is 12.1. The van der Waals surface area contributed by atoms with Crippen molar-refractivity contribution in [1.29, 1.82) is 0 Å². The number of ether oxygens (including phenoxy) is 1. The molecule has 2 aromatic carbocycles. The highest BCUT2D eigenvalue weighted by Crippen LogP contribution is 2.27. The second kappa shape index (κ2) is 12.9. The van der Waals surface area contributed by atoms with Gasteiger partial charge in [0.1, 0.15) is 11.6 Å². The van der Waals surface area contributed by atoms with Crippen molar-refractivity contribution >= 4 is 41.7 Å². The number of hydrogen-bond acceptors (Lipinski definition) is 7. The number of benzene rings is 2. The van der Waals surface area contributed by atoms with Crippen molar-refractivity contribution < 1.29 is 18.3 Å². The minimum Gasteiger partial charge on any atom is -0.484 e. The molecule has 11 heteroatoms. The van der Waals surface area contributed by atoms with E-state index in [1.165, 1.54) is 12.1 Å². The van der Waals surface area contributed by atoms with Gasteiger partial charge >= 0.3 is 0 Å². The van der Waals surface area contributed by atoms with Crippen LogP contribution in [0.5, 0.6) is 5.75 Å². The fourth-order valence-electron chi connectivity index (χ4n) is 3.30. The summed E-state index contributed by atoms with van der Waals surface area (Å²) >= 11 is 16.0. The zero-order valence-corrected chi connectivity index (χ0v) is 20.9. The van der Waals surface area contributed by atoms with Gasteiger partial charge in [0.2, 0.25) is 11.8 Å². The van der Waals surface area contributed by atoms with Crippen molar-refractivity contribution in [3.63, 3.8) is 0 Å². The molecule has 0 fully saturated rings. The maximum Gasteiger partial charge on any atom is 0.257 e. The van der Waals surface area contributed by atoms with Gasteiger partial charge in [-0.25, -0.2) is 4.39 Å². The van der Waals surface area contributed by atoms with Crippen LogP contribution in [0.2, 0.25) is 10.0 Å². The van der Waals surface area contributed by atoms with Crippen LogP contribution in [-0.2, 0) is 4.79 Å². The number of carbonyl (C=O) groups is 1. The Kier molecular flexibility index (Phi) is 10.0. The molecule has 34 heavy (non-hydrogen) atoms. The molecule has 1 atom stereocenters. The Bertz CT molecular complexity index is 1080. The van der Waals surface area contributed by atoms with E-state index in [0.717, 1.165) is 11.6 Å². The second-order valence-corrected chi connectivity index (χ2v) is 8.61. The first-order valence-corrected chi connectivity index (χ1v) is 12.1. The highest BCUT2D eigenvalue weighted by atomic mass is 35.5. The lowest BCUT2D eigenvalue weighted by Crippen LogP contribution is -2.39. The lowest BCUT2D eigenvalue weighted by molar-refractivity contribution is -0.123. The van der Waals surface area contributed by atoms with E-state index in [-0.39, 0.29) is 29.3 Å². The summed E-state index contributed by atoms with van der Waals surface area (Å²) in [5, 5.41) is 11.9. The minimum absolute atomic E-state index is 0.00578. The van der Waals surface area contributed by atoms with Gasteiger partial charge in [-0.1, -0.05) is 30.1 Å². The molecule has 182 valence electrons. The Labute approximate surface area is 213 Å². The van der Waals surface area contributed by atoms with Crippen molar-refractivity contribution in [3.05, 3.63) is 64.2 Å². The molecule has 3 rings (SSSR count). The molecular weight excluding hydrogens is 502 g/mol. The lowest BCUT2D eigenvalue weighted by Gasteiger charge is -2.27. The first-order chi connectivity index (χ1) is 16.4. The third-order valence-electron chi connectivity index (χ3n) is 5.05. The number of carbonyl (C=O) groups excluding carboxylic acids is 1. The van der Waals surface area contributed by atoms with E-state index in [2.05, 4.69) is 33.0 Å². The predicted octanol–water partition coefficient (Wildman–Crippen LogP) is 5.06. The van der Waals surface area contributed by atoms with Crippen LogP contribution in [0.3, 0.4) is 0 Å². The lowest BCUT2D eigenvalue weighted by atomic mass is 10.2. The number of nitrogens with one attached hydrogen (secondary N) is 1. The summed E-state index contributed by atoms with van der Waals surface area (Å²) < 4.78 is 24.8. The zero-order chi connectivity index (χ0) is 24.5. The molecule has 1 N–H and O–H groups in total. The van der Waals surface area contributed by atoms with Crippen molar-refractivity contribution in [2.24, 2.45) is 0 Å². The van der Waals surface area contributed by atoms with E-state index in [9.17, 15) is 9.18 Å². The Balaban J connectivity index is 1.55. The molecule has 0 radical (unpaired) electrons. The highest BCUT2D eigenvalue weighted by molar-refractivity contribution is 7.80. The number of thiol groups is 1. The van der Waals surface area contributed by atoms with Gasteiger partial charge in [0.05, 0.1) is 11.1 Å². The summed E-state index contributed by atoms with van der Waals surface area (Å²) in [4.78, 5) is 14.3. The van der Waals surface area contributed by atoms with E-state index in [4.69, 9.17) is 32.4 Å². The number of aromatic nitrogens is 2. The van der Waals surface area contributed by atoms with Gasteiger partial charge in [0.15, 0.2) is 6.61 Å². The fraction of sp³-hybridized carbons (Fsp3) is 0.348. The minimum atomic E-state index is -0.603. The van der Waals surface area contributed by atoms with Crippen LogP contribution in [0.4, 0.5) is 4.39 Å². The predicted molar refractivity (Wildman–Crippen MR) is 133 cm³/mol. The van der Waals surface area contributed by atoms with Gasteiger partial charge in [-0.3, -0.25) is 9.69 Å². The van der Waals surface area contributed by atoms with Gasteiger partial charge in [-0.2, -0.15) is 12.6 Å². The monoisotopic (exact) mass is 526 g/mol. The Morgan fingerprint density at radius 3 is 2.68 bits per heavy atom. The third-order valence-corrected chi connectivity index (χ3v) is 5.87. The molecule has 0 saturated carbocycles. The van der Waals surface area contributed by atoms with Gasteiger partial charge < -0.3 is 14.5 Å². The molecule has 0 aliphatic rings. The molecule has 0 aliphatic heterocycles. The molecule has 0 bridgehead atoms. The average Bonchev–Trinajstić information content (AvgIpc) is 3.32. The molecule has 0 unspecified atom stereocenters. The number of likely N-dealkylation sites (N-methyl/N-ethyl adjacent to an activating group) is 1. The van der Waals surface area contributed by atoms with E-state index in [1.807, 2.05) is 19.1 Å². The maximum atomic E-state index is 13.5. The molecule has 0 spiro atoms. The summed E-state index contributed by atoms with van der Waals surface area (Å²) in [6.45, 7) is 3.41. The largest absolute Gasteiger partial charge is 0.484 e. The molecule has 0 saturated heterocycles. The van der Waals surface area contributed by atoms with Crippen molar-refractivity contribution in [1.82, 2.24) is 20.4 Å². The highest BCUT2D eigenvalue weighted by Gasteiger charge is 2.24. The summed E-state index contributed by atoms with van der Waals surface area (Å²) in [6, 6.07) is 11.0. The number of halogens is 3. The van der Waals surface area contributed by atoms with Crippen LogP contribution in [0, 0.1) is 5.82 Å². The van der Waals surface area contributed by atoms with Crippen LogP contribution >= 0.6 is 35.8 Å². The van der Waals surface area contributed by atoms with Gasteiger partial charge in [0, 0.05) is 29.7 Å². The Morgan fingerprint density at radius 2 is 2.00 bits per heavy atom. The topological polar surface area (TPSA) is 80.5 Å². The van der Waals surface area contributed by atoms with Crippen LogP contribution in [0.15, 0.2) is 46.9 Å². The van der Waals surface area contributed by atoms with Gasteiger partial charge in [-0.15, -0.1) is 10.2 Å². The Hall–Kier alpha value is -2.33. The summed E-state index contributed by atoms with van der Waals surface area (Å²) in [5.41, 5.74) is 0.781. The van der Waals surface area contributed by atoms with Crippen LogP contribution in [0.1, 0.15) is 25.3 Å². The molecule has 1 amide bonds. The van der Waals surface area contributed by atoms with Crippen LogP contribution in [-0.4, -0.2) is 53.0 Å². The molecule has 7 nitrogen and oxygen atoms in total. The Morgan fingerprint density at radius 1 is 1.24 bits per heavy atom. The van der Waals surface area contributed by atoms with Crippen molar-refractivity contribution in [2.75, 3.05) is 32.0 Å². The van der Waals surface area contributed by atoms with Crippen LogP contribution < -0.4 is 10.1 Å². The van der Waals surface area contributed by atoms with E-state index < -0.39 is 5.82 Å². The second-order valence-electron chi connectivity index (χ2n) is 7.32. The van der Waals surface area contributed by atoms with E-state index in [1.54, 1.807) is 12.1 Å². The first-order valence-electron chi connectivity index (χ1n) is 10.7. The molecule has 1 aromatic heterocycles. The standard InChI is InChI=1S/C23H25Cl2FN4O3S/c1-2-30(11-10-27-21(31)14-32-17-7-8-18(25)19(26)13-17)20(9-12-34)23-29-28-22(33-23)15-3-5-16(24)6-4-15/h3-8,13,20,34H,2,9-12,14H2,1H3,(H,27,31)/t20-/m0/s1. The molecule has 0 aliphatic carbocycles. The summed E-state index contributed by atoms with van der Waals surface area (Å²) in [6.07, 6.45) is 0.693. The van der Waals surface area contributed by atoms with Crippen molar-refractivity contribution in [3.8, 4) is 17.2 Å². The quantitative estimate of drug-likeness (QED) is 0.321. The SMILES string of the molecule is CCN(CCNC(=O)COc1ccc(Cl)c(F)c1)[C@@H](CCS)c1nnc(-c2ccc(Cl)cc2)o1. The fourth-order valence-corrected chi connectivity index (χ4v) is 3.79. The van der Waals surface area contributed by atoms with E-state index in [0.29, 0.717) is 48.6 Å². The first kappa shape index (κ1) is 26.3. The van der Waals surface area contributed by atoms with Gasteiger partial charge in [0.25, 0.3) is 5.91 Å². The van der Waals surface area contributed by atoms with E-state index >= 15 is 0 Å².